The molecule has 16 aromatic carbocycles. The lowest BCUT2D eigenvalue weighted by Crippen LogP contribution is -2.09. The average molecular weight is 1370 g/mol. The number of aryl methyl sites for hydroxylation is 1. The third-order valence-corrected chi connectivity index (χ3v) is 19.9. The highest BCUT2D eigenvalue weighted by Crippen LogP contribution is 2.49. The van der Waals surface area contributed by atoms with E-state index < -0.39 is 0 Å². The van der Waals surface area contributed by atoms with Crippen LogP contribution in [0.2, 0.25) is 0 Å². The van der Waals surface area contributed by atoms with Gasteiger partial charge in [0.25, 0.3) is 0 Å². The average Bonchev–Trinajstić information content (AvgIpc) is 1.58. The van der Waals surface area contributed by atoms with Gasteiger partial charge in [0.15, 0.2) is 0 Å². The molecule has 0 fully saturated rings. The number of hydrogen-bond acceptors (Lipinski definition) is 2. The van der Waals surface area contributed by atoms with Crippen molar-refractivity contribution in [2.45, 2.75) is 12.8 Å². The van der Waals surface area contributed by atoms with E-state index in [9.17, 15) is 0 Å². The molecule has 3 nitrogen and oxygen atoms in total. The number of halogens is 1. The number of para-hydroxylation sites is 4. The molecule has 486 valence electrons. The lowest BCUT2D eigenvalue weighted by molar-refractivity contribution is 1.02. The Labute approximate surface area is 606 Å². The molecule has 0 amide bonds. The molecule has 1 aliphatic rings. The third kappa shape index (κ3) is 13.6. The van der Waals surface area contributed by atoms with E-state index >= 15 is 0 Å². The molecule has 18 rings (SSSR count). The molecule has 0 saturated heterocycles. The maximum absolute atomic E-state index is 3.52. The summed E-state index contributed by atoms with van der Waals surface area (Å²) in [5.41, 5.74) is 30.8. The standard InChI is InChI=1S/C48H34N2.C25H17Br.C25H21N/c1-4-12-35(13-5-1)37-24-29-43(30-25-37)49(41-14-6-2-7-15-41)44-31-26-38(27-32-44)36-20-22-39(23-21-36)40-28-33-48-46(34-40)45-18-10-11-19-47(45)50(48)42-16-8-3-9-17-42;26-20-13-10-17(11-14-20)19-12-15-23-24(16-19)21-8-4-5-9-22(21)25(23)18-6-2-1-3-7-18;1-20-12-16-24(17-13-20)26(23-10-6-3-7-11-23)25-18-14-22(15-19-25)21-8-4-2-5-9-21/h1-34H;1-16,25H;2-19H,1H3. The number of aromatic nitrogens is 1. The van der Waals surface area contributed by atoms with Gasteiger partial charge in [0.05, 0.1) is 11.0 Å². The molecule has 1 unspecified atom stereocenters. The van der Waals surface area contributed by atoms with Crippen molar-refractivity contribution >= 4 is 71.9 Å². The van der Waals surface area contributed by atoms with E-state index in [4.69, 9.17) is 0 Å². The van der Waals surface area contributed by atoms with Crippen LogP contribution in [0.15, 0.2) is 417 Å². The number of rotatable bonds is 13. The Balaban J connectivity index is 0.000000130. The van der Waals surface area contributed by atoms with Gasteiger partial charge in [0, 0.05) is 61.0 Å². The second-order valence-corrected chi connectivity index (χ2v) is 26.7. The van der Waals surface area contributed by atoms with Gasteiger partial charge in [0.1, 0.15) is 0 Å². The van der Waals surface area contributed by atoms with Gasteiger partial charge >= 0.3 is 0 Å². The van der Waals surface area contributed by atoms with E-state index in [1.54, 1.807) is 0 Å². The predicted octanol–water partition coefficient (Wildman–Crippen LogP) is 27.7. The third-order valence-electron chi connectivity index (χ3n) is 19.4. The van der Waals surface area contributed by atoms with Crippen LogP contribution in [-0.2, 0) is 0 Å². The van der Waals surface area contributed by atoms with E-state index in [0.29, 0.717) is 5.92 Å². The van der Waals surface area contributed by atoms with E-state index in [1.807, 2.05) is 6.07 Å². The molecule has 4 heteroatoms. The van der Waals surface area contributed by atoms with Gasteiger partial charge in [-0.2, -0.15) is 0 Å². The lowest BCUT2D eigenvalue weighted by Gasteiger charge is -2.26. The molecule has 0 aliphatic heterocycles. The van der Waals surface area contributed by atoms with Gasteiger partial charge < -0.3 is 14.4 Å². The van der Waals surface area contributed by atoms with Crippen molar-refractivity contribution in [3.63, 3.8) is 0 Å². The summed E-state index contributed by atoms with van der Waals surface area (Å²) in [7, 11) is 0. The summed E-state index contributed by atoms with van der Waals surface area (Å²) in [6, 6.07) is 147. The van der Waals surface area contributed by atoms with Crippen LogP contribution in [0.1, 0.15) is 28.2 Å². The molecule has 0 bridgehead atoms. The highest BCUT2D eigenvalue weighted by Gasteiger charge is 2.30. The van der Waals surface area contributed by atoms with Crippen LogP contribution in [-0.4, -0.2) is 4.57 Å². The molecule has 1 atom stereocenters. The molecule has 1 aliphatic carbocycles. The SMILES string of the molecule is Brc1ccc(-c2ccc3c(c2)-c2ccccc2C3c2ccccc2)cc1.Cc1ccc(N(c2ccccc2)c2ccc(-c3ccccc3)cc2)cc1.c1ccc(-c2ccc(N(c3ccccc3)c3ccc(-c4ccc(-c5ccc6c(c5)c5ccccc5n6-c5ccccc5)cc4)cc3)cc2)cc1. The Morgan fingerprint density at radius 1 is 0.245 bits per heavy atom. The van der Waals surface area contributed by atoms with Crippen molar-refractivity contribution in [1.82, 2.24) is 4.57 Å². The zero-order valence-electron chi connectivity index (χ0n) is 56.6. The van der Waals surface area contributed by atoms with Crippen molar-refractivity contribution in [3.05, 3.63) is 439 Å². The van der Waals surface area contributed by atoms with E-state index in [2.05, 4.69) is 444 Å². The molecule has 0 saturated carbocycles. The van der Waals surface area contributed by atoms with Crippen LogP contribution < -0.4 is 9.80 Å². The first-order valence-corrected chi connectivity index (χ1v) is 35.6. The Hall–Kier alpha value is -12.6. The van der Waals surface area contributed by atoms with Gasteiger partial charge in [-0.25, -0.2) is 0 Å². The van der Waals surface area contributed by atoms with Crippen molar-refractivity contribution in [1.29, 1.82) is 0 Å². The monoisotopic (exact) mass is 1370 g/mol. The summed E-state index contributed by atoms with van der Waals surface area (Å²) in [4.78, 5) is 4.60. The first kappa shape index (κ1) is 64.1. The van der Waals surface area contributed by atoms with Gasteiger partial charge in [-0.1, -0.05) is 313 Å². The minimum Gasteiger partial charge on any atom is -0.311 e. The molecule has 0 spiro atoms. The van der Waals surface area contributed by atoms with Crippen LogP contribution in [0, 0.1) is 6.92 Å². The quantitative estimate of drug-likeness (QED) is 0.114. The van der Waals surface area contributed by atoms with Crippen LogP contribution in [0.5, 0.6) is 0 Å². The van der Waals surface area contributed by atoms with Crippen molar-refractivity contribution in [2.24, 2.45) is 0 Å². The van der Waals surface area contributed by atoms with Crippen LogP contribution >= 0.6 is 15.9 Å². The zero-order chi connectivity index (χ0) is 68.6. The Morgan fingerprint density at radius 2 is 0.578 bits per heavy atom. The maximum atomic E-state index is 3.52. The number of nitrogens with zero attached hydrogens (tertiary/aromatic N) is 3. The summed E-state index contributed by atoms with van der Waals surface area (Å²) < 4.78 is 3.47. The maximum Gasteiger partial charge on any atom is 0.0541 e. The molecule has 17 aromatic rings. The summed E-state index contributed by atoms with van der Waals surface area (Å²) in [6.07, 6.45) is 0. The summed E-state index contributed by atoms with van der Waals surface area (Å²) in [6.45, 7) is 2.12. The van der Waals surface area contributed by atoms with Crippen molar-refractivity contribution < 1.29 is 0 Å². The summed E-state index contributed by atoms with van der Waals surface area (Å²) in [5.74, 6) is 0.321. The van der Waals surface area contributed by atoms with E-state index in [1.165, 1.54) is 117 Å². The minimum atomic E-state index is 0.321. The fraction of sp³-hybridized carbons (Fsp3) is 0.0204. The second-order valence-electron chi connectivity index (χ2n) is 25.8. The lowest BCUT2D eigenvalue weighted by atomic mass is 9.89. The molecule has 102 heavy (non-hydrogen) atoms. The van der Waals surface area contributed by atoms with E-state index in [0.717, 1.165) is 38.6 Å². The fourth-order valence-electron chi connectivity index (χ4n) is 14.3. The largest absolute Gasteiger partial charge is 0.311 e. The molecule has 0 N–H and O–H groups in total. The first-order chi connectivity index (χ1) is 50.4. The zero-order valence-corrected chi connectivity index (χ0v) is 58.1. The predicted molar refractivity (Wildman–Crippen MR) is 435 cm³/mol. The van der Waals surface area contributed by atoms with Gasteiger partial charge in [0.2, 0.25) is 0 Å². The number of benzene rings is 16. The van der Waals surface area contributed by atoms with Crippen LogP contribution in [0.4, 0.5) is 34.1 Å². The van der Waals surface area contributed by atoms with Gasteiger partial charge in [-0.3, -0.25) is 0 Å². The molecule has 0 radical (unpaired) electrons. The highest BCUT2D eigenvalue weighted by molar-refractivity contribution is 9.10. The minimum absolute atomic E-state index is 0.321. The summed E-state index contributed by atoms with van der Waals surface area (Å²) >= 11 is 3.52. The number of anilines is 6. The van der Waals surface area contributed by atoms with E-state index in [-0.39, 0.29) is 0 Å². The Bertz CT molecular complexity index is 5630. The van der Waals surface area contributed by atoms with Gasteiger partial charge in [-0.05, 0) is 212 Å². The number of hydrogen-bond donors (Lipinski definition) is 0. The van der Waals surface area contributed by atoms with Crippen molar-refractivity contribution in [3.8, 4) is 72.4 Å². The Kier molecular flexibility index (Phi) is 18.5. The van der Waals surface area contributed by atoms with Crippen LogP contribution in [0.3, 0.4) is 0 Å². The summed E-state index contributed by atoms with van der Waals surface area (Å²) in [5, 5.41) is 2.53. The number of fused-ring (bicyclic) bond motifs is 6. The second kappa shape index (κ2) is 29.5. The first-order valence-electron chi connectivity index (χ1n) is 34.8. The molecule has 1 heterocycles. The normalized spacial score (nSPS) is 11.9. The molecular weight excluding hydrogens is 1300 g/mol. The Morgan fingerprint density at radius 3 is 1.09 bits per heavy atom. The molecule has 1 aromatic heterocycles. The smallest absolute Gasteiger partial charge is 0.0541 e. The highest BCUT2D eigenvalue weighted by atomic mass is 79.9. The van der Waals surface area contributed by atoms with Gasteiger partial charge in [-0.15, -0.1) is 0 Å². The topological polar surface area (TPSA) is 11.4 Å². The van der Waals surface area contributed by atoms with Crippen LogP contribution in [0.25, 0.3) is 94.3 Å². The van der Waals surface area contributed by atoms with Crippen molar-refractivity contribution in [2.75, 3.05) is 9.80 Å². The molecular formula is C98H72BrN3. The fourth-order valence-corrected chi connectivity index (χ4v) is 14.6.